The van der Waals surface area contributed by atoms with Crippen LogP contribution in [0.3, 0.4) is 0 Å². The number of esters is 2. The van der Waals surface area contributed by atoms with Gasteiger partial charge in [-0.2, -0.15) is 0 Å². The lowest BCUT2D eigenvalue weighted by atomic mass is 9.80. The fraction of sp³-hybridized carbons (Fsp3) is 0.500. The van der Waals surface area contributed by atoms with Crippen molar-refractivity contribution in [2.75, 3.05) is 20.8 Å². The van der Waals surface area contributed by atoms with Crippen molar-refractivity contribution in [3.05, 3.63) is 35.9 Å². The SMILES string of the molecule is COC(=O)C(C(=O)OC)C(c1ccccc1)C1CCCO1. The summed E-state index contributed by atoms with van der Waals surface area (Å²) in [5.74, 6) is -2.59. The molecule has 1 aromatic rings. The third kappa shape index (κ3) is 3.42. The molecule has 5 nitrogen and oxygen atoms in total. The molecule has 5 heteroatoms. The molecule has 1 saturated heterocycles. The van der Waals surface area contributed by atoms with E-state index in [-0.39, 0.29) is 6.10 Å². The van der Waals surface area contributed by atoms with Gasteiger partial charge >= 0.3 is 11.9 Å². The highest BCUT2D eigenvalue weighted by Gasteiger charge is 2.43. The van der Waals surface area contributed by atoms with Gasteiger partial charge in [0.15, 0.2) is 5.92 Å². The van der Waals surface area contributed by atoms with E-state index in [4.69, 9.17) is 14.2 Å². The molecule has 0 aliphatic carbocycles. The van der Waals surface area contributed by atoms with E-state index < -0.39 is 23.8 Å². The Hall–Kier alpha value is -1.88. The Morgan fingerprint density at radius 3 is 2.24 bits per heavy atom. The fourth-order valence-corrected chi connectivity index (χ4v) is 2.83. The van der Waals surface area contributed by atoms with E-state index in [0.717, 1.165) is 18.4 Å². The Kier molecular flexibility index (Phi) is 5.33. The second-order valence-electron chi connectivity index (χ2n) is 5.01. The van der Waals surface area contributed by atoms with Crippen molar-refractivity contribution in [3.63, 3.8) is 0 Å². The number of hydrogen-bond donors (Lipinski definition) is 0. The average molecular weight is 292 g/mol. The van der Waals surface area contributed by atoms with E-state index in [2.05, 4.69) is 0 Å². The third-order valence-electron chi connectivity index (χ3n) is 3.82. The molecule has 114 valence electrons. The number of carbonyl (C=O) groups excluding carboxylic acids is 2. The topological polar surface area (TPSA) is 61.8 Å². The van der Waals surface area contributed by atoms with Crippen LogP contribution in [0.25, 0.3) is 0 Å². The van der Waals surface area contributed by atoms with Gasteiger partial charge in [0.25, 0.3) is 0 Å². The van der Waals surface area contributed by atoms with Crippen LogP contribution in [-0.2, 0) is 23.8 Å². The minimum absolute atomic E-state index is 0.185. The molecule has 0 bridgehead atoms. The first-order chi connectivity index (χ1) is 10.2. The summed E-state index contributed by atoms with van der Waals surface area (Å²) in [5, 5.41) is 0. The molecular formula is C16H20O5. The van der Waals surface area contributed by atoms with E-state index in [1.54, 1.807) is 0 Å². The number of methoxy groups -OCH3 is 2. The predicted octanol–water partition coefficient (Wildman–Crippen LogP) is 1.91. The molecule has 1 fully saturated rings. The minimum atomic E-state index is -1.01. The van der Waals surface area contributed by atoms with Crippen LogP contribution in [0.15, 0.2) is 30.3 Å². The molecule has 0 radical (unpaired) electrons. The summed E-state index contributed by atoms with van der Waals surface area (Å²) in [6.45, 7) is 0.642. The molecule has 2 rings (SSSR count). The molecule has 0 N–H and O–H groups in total. The zero-order valence-corrected chi connectivity index (χ0v) is 12.3. The minimum Gasteiger partial charge on any atom is -0.468 e. The van der Waals surface area contributed by atoms with Crippen LogP contribution in [-0.4, -0.2) is 38.9 Å². The van der Waals surface area contributed by atoms with Crippen LogP contribution in [0.2, 0.25) is 0 Å². The molecule has 2 atom stereocenters. The first kappa shape index (κ1) is 15.5. The summed E-state index contributed by atoms with van der Waals surface area (Å²) in [6.07, 6.45) is 1.54. The number of rotatable bonds is 5. The van der Waals surface area contributed by atoms with Gasteiger partial charge in [0.2, 0.25) is 0 Å². The molecule has 1 heterocycles. The van der Waals surface area contributed by atoms with Crippen molar-refractivity contribution in [2.24, 2.45) is 5.92 Å². The van der Waals surface area contributed by atoms with Crippen molar-refractivity contribution < 1.29 is 23.8 Å². The molecule has 1 aliphatic heterocycles. The van der Waals surface area contributed by atoms with E-state index in [1.807, 2.05) is 30.3 Å². The maximum absolute atomic E-state index is 12.1. The predicted molar refractivity (Wildman–Crippen MR) is 75.7 cm³/mol. The average Bonchev–Trinajstić information content (AvgIpc) is 3.05. The quantitative estimate of drug-likeness (QED) is 0.613. The van der Waals surface area contributed by atoms with Crippen LogP contribution in [0.5, 0.6) is 0 Å². The number of ether oxygens (including phenoxy) is 3. The monoisotopic (exact) mass is 292 g/mol. The lowest BCUT2D eigenvalue weighted by Gasteiger charge is -2.28. The second kappa shape index (κ2) is 7.22. The highest BCUT2D eigenvalue weighted by atomic mass is 16.5. The maximum Gasteiger partial charge on any atom is 0.320 e. The number of hydrogen-bond acceptors (Lipinski definition) is 5. The fourth-order valence-electron chi connectivity index (χ4n) is 2.83. The van der Waals surface area contributed by atoms with Gasteiger partial charge in [-0.05, 0) is 18.4 Å². The lowest BCUT2D eigenvalue weighted by molar-refractivity contribution is -0.161. The van der Waals surface area contributed by atoms with E-state index in [9.17, 15) is 9.59 Å². The van der Waals surface area contributed by atoms with Gasteiger partial charge in [-0.15, -0.1) is 0 Å². The molecule has 1 aromatic carbocycles. The summed E-state index contributed by atoms with van der Waals surface area (Å²) < 4.78 is 15.3. The zero-order chi connectivity index (χ0) is 15.2. The summed E-state index contributed by atoms with van der Waals surface area (Å²) in [7, 11) is 2.55. The summed E-state index contributed by atoms with van der Waals surface area (Å²) in [6, 6.07) is 9.43. The van der Waals surface area contributed by atoms with Crippen molar-refractivity contribution in [3.8, 4) is 0 Å². The van der Waals surface area contributed by atoms with Crippen molar-refractivity contribution in [1.29, 1.82) is 0 Å². The molecule has 0 saturated carbocycles. The highest BCUT2D eigenvalue weighted by molar-refractivity contribution is 5.96. The largest absolute Gasteiger partial charge is 0.468 e. The number of carbonyl (C=O) groups is 2. The van der Waals surface area contributed by atoms with E-state index in [1.165, 1.54) is 14.2 Å². The first-order valence-corrected chi connectivity index (χ1v) is 7.01. The highest BCUT2D eigenvalue weighted by Crippen LogP contribution is 2.36. The Balaban J connectivity index is 2.40. The number of benzene rings is 1. The van der Waals surface area contributed by atoms with Crippen LogP contribution in [0, 0.1) is 5.92 Å². The molecule has 0 amide bonds. The lowest BCUT2D eigenvalue weighted by Crippen LogP contribution is -2.37. The Bertz CT molecular complexity index is 463. The molecule has 2 unspecified atom stereocenters. The Morgan fingerprint density at radius 1 is 1.14 bits per heavy atom. The van der Waals surface area contributed by atoms with Crippen molar-refractivity contribution in [1.82, 2.24) is 0 Å². The van der Waals surface area contributed by atoms with Gasteiger partial charge in [0, 0.05) is 12.5 Å². The van der Waals surface area contributed by atoms with E-state index >= 15 is 0 Å². The zero-order valence-electron chi connectivity index (χ0n) is 12.3. The van der Waals surface area contributed by atoms with Crippen LogP contribution in [0.1, 0.15) is 24.3 Å². The van der Waals surface area contributed by atoms with Crippen LogP contribution in [0.4, 0.5) is 0 Å². The smallest absolute Gasteiger partial charge is 0.320 e. The van der Waals surface area contributed by atoms with Gasteiger partial charge in [0.1, 0.15) is 0 Å². The van der Waals surface area contributed by atoms with Gasteiger partial charge in [-0.1, -0.05) is 30.3 Å². The van der Waals surface area contributed by atoms with Gasteiger partial charge in [-0.25, -0.2) is 0 Å². The van der Waals surface area contributed by atoms with E-state index in [0.29, 0.717) is 6.61 Å². The summed E-state index contributed by atoms with van der Waals surface area (Å²) in [4.78, 5) is 24.2. The van der Waals surface area contributed by atoms with Gasteiger partial charge in [0.05, 0.1) is 20.3 Å². The molecule has 0 spiro atoms. The Labute approximate surface area is 124 Å². The first-order valence-electron chi connectivity index (χ1n) is 7.01. The second-order valence-corrected chi connectivity index (χ2v) is 5.01. The van der Waals surface area contributed by atoms with Gasteiger partial charge < -0.3 is 14.2 Å². The van der Waals surface area contributed by atoms with Crippen LogP contribution >= 0.6 is 0 Å². The maximum atomic E-state index is 12.1. The summed E-state index contributed by atoms with van der Waals surface area (Å²) in [5.41, 5.74) is 0.880. The Morgan fingerprint density at radius 2 is 1.76 bits per heavy atom. The molecule has 21 heavy (non-hydrogen) atoms. The van der Waals surface area contributed by atoms with Crippen LogP contribution < -0.4 is 0 Å². The molecule has 0 aromatic heterocycles. The molecular weight excluding hydrogens is 272 g/mol. The van der Waals surface area contributed by atoms with Crippen molar-refractivity contribution >= 4 is 11.9 Å². The third-order valence-corrected chi connectivity index (χ3v) is 3.82. The standard InChI is InChI=1S/C16H20O5/c1-19-15(17)14(16(18)20-2)13(12-9-6-10-21-12)11-7-4-3-5-8-11/h3-5,7-8,12-14H,6,9-10H2,1-2H3. The summed E-state index contributed by atoms with van der Waals surface area (Å²) >= 11 is 0. The molecule has 1 aliphatic rings. The van der Waals surface area contributed by atoms with Crippen molar-refractivity contribution in [2.45, 2.75) is 24.9 Å². The normalized spacial score (nSPS) is 19.3. The van der Waals surface area contributed by atoms with Gasteiger partial charge in [-0.3, -0.25) is 9.59 Å².